The molecule has 0 saturated carbocycles. The molecular weight excluding hydrogens is 414 g/mol. The van der Waals surface area contributed by atoms with E-state index in [1.54, 1.807) is 20.1 Å². The van der Waals surface area contributed by atoms with Crippen LogP contribution in [0.25, 0.3) is 0 Å². The number of nitrogens with zero attached hydrogens (tertiary/aromatic N) is 4. The maximum Gasteiger partial charge on any atom is 0.352 e. The molecule has 0 bridgehead atoms. The molecule has 1 aromatic rings. The summed E-state index contributed by atoms with van der Waals surface area (Å²) < 4.78 is 16.0. The molecule has 1 heterocycles. The Labute approximate surface area is 177 Å². The average Bonchev–Trinajstić information content (AvgIpc) is 2.70. The molecule has 1 aromatic carbocycles. The van der Waals surface area contributed by atoms with Crippen molar-refractivity contribution in [2.45, 2.75) is 25.8 Å². The Bertz CT molecular complexity index is 926. The third-order valence-corrected chi connectivity index (χ3v) is 4.51. The Kier molecular flexibility index (Phi) is 8.02. The Balaban J connectivity index is 2.53. The van der Waals surface area contributed by atoms with Gasteiger partial charge in [0.25, 0.3) is 5.88 Å². The highest BCUT2D eigenvalue weighted by atomic mass is 32.2. The van der Waals surface area contributed by atoms with Gasteiger partial charge in [0, 0.05) is 6.07 Å². The van der Waals surface area contributed by atoms with Gasteiger partial charge in [0.2, 0.25) is 0 Å². The molecule has 1 aliphatic rings. The molecule has 0 fully saturated rings. The van der Waals surface area contributed by atoms with Crippen LogP contribution in [0.5, 0.6) is 11.5 Å². The van der Waals surface area contributed by atoms with Gasteiger partial charge in [-0.15, -0.1) is 11.8 Å². The van der Waals surface area contributed by atoms with Crippen LogP contribution in [0.4, 0.5) is 0 Å². The van der Waals surface area contributed by atoms with Gasteiger partial charge in [-0.3, -0.25) is 14.9 Å². The first-order valence-electron chi connectivity index (χ1n) is 8.88. The number of hydrogen-bond donors (Lipinski definition) is 1. The molecule has 0 amide bonds. The second-order valence-corrected chi connectivity index (χ2v) is 6.67. The highest BCUT2D eigenvalue weighted by Gasteiger charge is 2.39. The zero-order chi connectivity index (χ0) is 22.3. The summed E-state index contributed by atoms with van der Waals surface area (Å²) in [5, 5.41) is 22.0. The quantitative estimate of drug-likeness (QED) is 0.264. The fourth-order valence-corrected chi connectivity index (χ4v) is 3.14. The number of rotatable bonds is 9. The SMILES string of the molecule is CCOC(=O)CC1=NC(SC)N(N)C(Oc2cc(C#N)cc(OCC)c2)=C1[N+](=O)[O-]. The van der Waals surface area contributed by atoms with Gasteiger partial charge in [0.15, 0.2) is 5.50 Å². The van der Waals surface area contributed by atoms with Gasteiger partial charge in [-0.05, 0) is 32.2 Å². The van der Waals surface area contributed by atoms with E-state index in [9.17, 15) is 20.2 Å². The first-order chi connectivity index (χ1) is 14.3. The summed E-state index contributed by atoms with van der Waals surface area (Å²) in [6.45, 7) is 3.88. The number of nitriles is 1. The zero-order valence-corrected chi connectivity index (χ0v) is 17.5. The summed E-state index contributed by atoms with van der Waals surface area (Å²) >= 11 is 1.19. The largest absolute Gasteiger partial charge is 0.494 e. The number of hydrazine groups is 1. The number of carbonyl (C=O) groups excluding carboxylic acids is 1. The van der Waals surface area contributed by atoms with Gasteiger partial charge in [0.05, 0.1) is 36.2 Å². The summed E-state index contributed by atoms with van der Waals surface area (Å²) in [6, 6.07) is 6.36. The van der Waals surface area contributed by atoms with E-state index in [2.05, 4.69) is 4.99 Å². The monoisotopic (exact) mass is 435 g/mol. The van der Waals surface area contributed by atoms with Gasteiger partial charge in [0.1, 0.15) is 17.2 Å². The number of esters is 1. The molecule has 1 unspecified atom stereocenters. The summed E-state index contributed by atoms with van der Waals surface area (Å²) in [4.78, 5) is 27.2. The average molecular weight is 435 g/mol. The van der Waals surface area contributed by atoms with E-state index in [-0.39, 0.29) is 29.5 Å². The van der Waals surface area contributed by atoms with E-state index in [1.165, 1.54) is 30.0 Å². The fraction of sp³-hybridized carbons (Fsp3) is 0.389. The van der Waals surface area contributed by atoms with Crippen molar-refractivity contribution in [1.29, 1.82) is 5.26 Å². The maximum atomic E-state index is 11.9. The van der Waals surface area contributed by atoms with Crippen molar-refractivity contribution in [1.82, 2.24) is 5.01 Å². The predicted octanol–water partition coefficient (Wildman–Crippen LogP) is 2.01. The van der Waals surface area contributed by atoms with E-state index in [0.717, 1.165) is 5.01 Å². The minimum atomic E-state index is -0.765. The molecule has 0 radical (unpaired) electrons. The van der Waals surface area contributed by atoms with Crippen LogP contribution in [0, 0.1) is 21.4 Å². The first kappa shape index (κ1) is 23.0. The van der Waals surface area contributed by atoms with Gasteiger partial charge in [-0.1, -0.05) is 0 Å². The van der Waals surface area contributed by atoms with E-state index >= 15 is 0 Å². The Hall–Kier alpha value is -3.30. The molecule has 0 saturated heterocycles. The van der Waals surface area contributed by atoms with Crippen molar-refractivity contribution in [3.8, 4) is 17.6 Å². The second kappa shape index (κ2) is 10.5. The predicted molar refractivity (Wildman–Crippen MR) is 109 cm³/mol. The number of thioether (sulfide) groups is 1. The van der Waals surface area contributed by atoms with Crippen molar-refractivity contribution >= 4 is 23.4 Å². The normalized spacial score (nSPS) is 15.9. The van der Waals surface area contributed by atoms with Gasteiger partial charge >= 0.3 is 11.7 Å². The highest BCUT2D eigenvalue weighted by Crippen LogP contribution is 2.31. The summed E-state index contributed by atoms with van der Waals surface area (Å²) in [5.74, 6) is 5.53. The zero-order valence-electron chi connectivity index (χ0n) is 16.7. The molecule has 30 heavy (non-hydrogen) atoms. The third kappa shape index (κ3) is 5.40. The molecule has 160 valence electrons. The standard InChI is InChI=1S/C18H21N5O6S/c1-4-27-12-6-11(10-19)7-13(8-12)29-17-16(23(25)26)14(9-15(24)28-5-2)21-18(30-3)22(17)20/h6-8,18H,4-5,9,20H2,1-3H3. The van der Waals surface area contributed by atoms with Gasteiger partial charge in [-0.25, -0.2) is 15.8 Å². The molecular formula is C18H21N5O6S. The molecule has 2 rings (SSSR count). The fourth-order valence-electron chi connectivity index (χ4n) is 2.59. The Morgan fingerprint density at radius 1 is 1.37 bits per heavy atom. The lowest BCUT2D eigenvalue weighted by molar-refractivity contribution is -0.419. The lowest BCUT2D eigenvalue weighted by Crippen LogP contribution is -2.45. The minimum Gasteiger partial charge on any atom is -0.494 e. The van der Waals surface area contributed by atoms with Crippen LogP contribution >= 0.6 is 11.8 Å². The van der Waals surface area contributed by atoms with Crippen molar-refractivity contribution < 1.29 is 23.9 Å². The van der Waals surface area contributed by atoms with Crippen molar-refractivity contribution in [3.63, 3.8) is 0 Å². The van der Waals surface area contributed by atoms with E-state index < -0.39 is 28.5 Å². The Morgan fingerprint density at radius 2 is 2.07 bits per heavy atom. The van der Waals surface area contributed by atoms with Crippen LogP contribution in [0.2, 0.25) is 0 Å². The first-order valence-corrected chi connectivity index (χ1v) is 10.2. The summed E-state index contributed by atoms with van der Waals surface area (Å²) in [7, 11) is 0. The lowest BCUT2D eigenvalue weighted by atomic mass is 10.2. The van der Waals surface area contributed by atoms with Crippen molar-refractivity contribution in [2.75, 3.05) is 19.5 Å². The van der Waals surface area contributed by atoms with Crippen molar-refractivity contribution in [3.05, 3.63) is 45.5 Å². The van der Waals surface area contributed by atoms with Gasteiger partial charge in [-0.2, -0.15) is 5.26 Å². The number of nitro groups is 1. The van der Waals surface area contributed by atoms with Crippen LogP contribution in [0.15, 0.2) is 34.8 Å². The topological polar surface area (TPSA) is 153 Å². The number of ether oxygens (including phenoxy) is 3. The van der Waals surface area contributed by atoms with Crippen LogP contribution in [-0.4, -0.2) is 46.6 Å². The molecule has 0 spiro atoms. The summed E-state index contributed by atoms with van der Waals surface area (Å²) in [5.41, 5.74) is -1.20. The number of benzene rings is 1. The molecule has 12 heteroatoms. The smallest absolute Gasteiger partial charge is 0.352 e. The highest BCUT2D eigenvalue weighted by molar-refractivity contribution is 7.99. The molecule has 1 atom stereocenters. The number of carbonyl (C=O) groups is 1. The van der Waals surface area contributed by atoms with E-state index in [0.29, 0.717) is 12.4 Å². The third-order valence-electron chi connectivity index (χ3n) is 3.76. The van der Waals surface area contributed by atoms with Crippen LogP contribution in [0.3, 0.4) is 0 Å². The lowest BCUT2D eigenvalue weighted by Gasteiger charge is -2.30. The van der Waals surface area contributed by atoms with Gasteiger partial charge < -0.3 is 14.2 Å². The van der Waals surface area contributed by atoms with Crippen LogP contribution in [-0.2, 0) is 9.53 Å². The van der Waals surface area contributed by atoms with E-state index in [4.69, 9.17) is 20.1 Å². The molecule has 2 N–H and O–H groups in total. The number of hydrogen-bond acceptors (Lipinski definition) is 11. The number of aliphatic imine (C=N–C) groups is 1. The second-order valence-electron chi connectivity index (χ2n) is 5.78. The Morgan fingerprint density at radius 3 is 2.63 bits per heavy atom. The van der Waals surface area contributed by atoms with Crippen LogP contribution < -0.4 is 15.3 Å². The minimum absolute atomic E-state index is 0.111. The molecule has 1 aliphatic heterocycles. The maximum absolute atomic E-state index is 11.9. The summed E-state index contributed by atoms with van der Waals surface area (Å²) in [6.07, 6.45) is 1.29. The van der Waals surface area contributed by atoms with Crippen molar-refractivity contribution in [2.24, 2.45) is 10.8 Å². The van der Waals surface area contributed by atoms with Crippen LogP contribution in [0.1, 0.15) is 25.8 Å². The molecule has 0 aromatic heterocycles. The molecule has 0 aliphatic carbocycles. The number of nitrogens with two attached hydrogens (primary N) is 1. The molecule has 11 nitrogen and oxygen atoms in total. The van der Waals surface area contributed by atoms with E-state index in [1.807, 2.05) is 6.07 Å². The number of allylic oxidation sites excluding steroid dienone is 1.